The van der Waals surface area contributed by atoms with Crippen molar-refractivity contribution in [1.29, 1.82) is 0 Å². The molecule has 76 valence electrons. The van der Waals surface area contributed by atoms with Crippen LogP contribution in [0.1, 0.15) is 0 Å². The van der Waals surface area contributed by atoms with Gasteiger partial charge in [0.1, 0.15) is 10.8 Å². The molecule has 0 saturated carbocycles. The Morgan fingerprint density at radius 2 is 2.00 bits per heavy atom. The third-order valence-corrected chi connectivity index (χ3v) is 2.46. The molecular formula is C8H6Cl3NO2. The number of hydrogen-bond acceptors (Lipinski definition) is 2. The molecule has 0 unspecified atom stereocenters. The van der Waals surface area contributed by atoms with Crippen LogP contribution in [0.5, 0.6) is 5.75 Å². The first-order valence-electron chi connectivity index (χ1n) is 3.54. The van der Waals surface area contributed by atoms with Crippen molar-refractivity contribution in [3.8, 4) is 5.75 Å². The Hall–Kier alpha value is -0.640. The summed E-state index contributed by atoms with van der Waals surface area (Å²) >= 11 is 16.8. The normalized spacial score (nSPS) is 9.71. The zero-order valence-electron chi connectivity index (χ0n) is 7.11. The van der Waals surface area contributed by atoms with Crippen molar-refractivity contribution in [2.45, 2.75) is 0 Å². The second kappa shape index (κ2) is 4.73. The van der Waals surface area contributed by atoms with Crippen LogP contribution >= 0.6 is 34.8 Å². The predicted octanol–water partition coefficient (Wildman–Crippen LogP) is 3.77. The van der Waals surface area contributed by atoms with Gasteiger partial charge in [-0.15, -0.1) is 0 Å². The van der Waals surface area contributed by atoms with Gasteiger partial charge in [0.25, 0.3) is 0 Å². The maximum Gasteiger partial charge on any atom is 0.318 e. The summed E-state index contributed by atoms with van der Waals surface area (Å²) in [6.45, 7) is 0. The Morgan fingerprint density at radius 1 is 1.36 bits per heavy atom. The second-order valence-electron chi connectivity index (χ2n) is 2.34. The number of nitrogens with one attached hydrogen (secondary N) is 1. The molecule has 6 heteroatoms. The highest BCUT2D eigenvalue weighted by molar-refractivity contribution is 6.66. The molecular weight excluding hydrogens is 248 g/mol. The van der Waals surface area contributed by atoms with Gasteiger partial charge in [0.05, 0.1) is 17.8 Å². The summed E-state index contributed by atoms with van der Waals surface area (Å²) in [5, 5.41) is 2.02. The topological polar surface area (TPSA) is 38.3 Å². The van der Waals surface area contributed by atoms with Gasteiger partial charge in [-0.1, -0.05) is 23.2 Å². The predicted molar refractivity (Wildman–Crippen MR) is 57.9 cm³/mol. The first-order chi connectivity index (χ1) is 6.56. The molecule has 1 aromatic carbocycles. The highest BCUT2D eigenvalue weighted by Gasteiger charge is 2.11. The largest absolute Gasteiger partial charge is 0.495 e. The minimum absolute atomic E-state index is 0.194. The van der Waals surface area contributed by atoms with Crippen molar-refractivity contribution in [3.63, 3.8) is 0 Å². The standard InChI is InChI=1S/C8H6Cl3NO2/c1-14-5-3-2-4(12-8(11)13)6(9)7(5)10/h2-3H,1H3,(H,12,13). The van der Waals surface area contributed by atoms with Crippen molar-refractivity contribution in [2.24, 2.45) is 0 Å². The van der Waals surface area contributed by atoms with Gasteiger partial charge in [0, 0.05) is 0 Å². The molecule has 0 aromatic heterocycles. The average molecular weight is 254 g/mol. The van der Waals surface area contributed by atoms with E-state index in [0.29, 0.717) is 11.4 Å². The lowest BCUT2D eigenvalue weighted by molar-refractivity contribution is 0.269. The number of carbonyl (C=O) groups excluding carboxylic acids is 1. The zero-order valence-corrected chi connectivity index (χ0v) is 9.37. The number of amides is 1. The van der Waals surface area contributed by atoms with Crippen molar-refractivity contribution in [3.05, 3.63) is 22.2 Å². The summed E-state index contributed by atoms with van der Waals surface area (Å²) in [6.07, 6.45) is 0. The van der Waals surface area contributed by atoms with E-state index in [-0.39, 0.29) is 10.0 Å². The van der Waals surface area contributed by atoms with Crippen LogP contribution in [-0.2, 0) is 0 Å². The molecule has 3 nitrogen and oxygen atoms in total. The number of ether oxygens (including phenoxy) is 1. The average Bonchev–Trinajstić information content (AvgIpc) is 2.13. The summed E-state index contributed by atoms with van der Waals surface area (Å²) in [7, 11) is 1.47. The van der Waals surface area contributed by atoms with Gasteiger partial charge in [-0.2, -0.15) is 0 Å². The van der Waals surface area contributed by atoms with Crippen LogP contribution in [0, 0.1) is 0 Å². The third kappa shape index (κ3) is 2.44. The molecule has 1 amide bonds. The minimum Gasteiger partial charge on any atom is -0.495 e. The molecule has 0 bridgehead atoms. The molecule has 1 rings (SSSR count). The molecule has 0 spiro atoms. The fraction of sp³-hybridized carbons (Fsp3) is 0.125. The van der Waals surface area contributed by atoms with E-state index >= 15 is 0 Å². The van der Waals surface area contributed by atoms with Gasteiger partial charge >= 0.3 is 5.37 Å². The first-order valence-corrected chi connectivity index (χ1v) is 4.68. The number of carbonyl (C=O) groups is 1. The molecule has 0 saturated heterocycles. The number of rotatable bonds is 2. The summed E-state index contributed by atoms with van der Waals surface area (Å²) < 4.78 is 4.92. The smallest absolute Gasteiger partial charge is 0.318 e. The Labute approximate surface area is 95.9 Å². The quantitative estimate of drug-likeness (QED) is 0.644. The molecule has 0 heterocycles. The lowest BCUT2D eigenvalue weighted by Gasteiger charge is -2.08. The van der Waals surface area contributed by atoms with E-state index in [4.69, 9.17) is 39.5 Å². The number of anilines is 1. The monoisotopic (exact) mass is 253 g/mol. The maximum absolute atomic E-state index is 10.6. The van der Waals surface area contributed by atoms with Gasteiger partial charge in [-0.25, -0.2) is 0 Å². The molecule has 1 aromatic rings. The van der Waals surface area contributed by atoms with Crippen molar-refractivity contribution in [1.82, 2.24) is 0 Å². The molecule has 14 heavy (non-hydrogen) atoms. The Morgan fingerprint density at radius 3 is 2.50 bits per heavy atom. The Bertz CT molecular complexity index is 368. The van der Waals surface area contributed by atoms with Crippen LogP contribution < -0.4 is 10.1 Å². The van der Waals surface area contributed by atoms with Crippen LogP contribution in [0.25, 0.3) is 0 Å². The lowest BCUT2D eigenvalue weighted by Crippen LogP contribution is -2.01. The van der Waals surface area contributed by atoms with Gasteiger partial charge < -0.3 is 10.1 Å². The summed E-state index contributed by atoms with van der Waals surface area (Å²) in [5.41, 5.74) is 0.345. The second-order valence-corrected chi connectivity index (χ2v) is 3.44. The SMILES string of the molecule is COc1ccc(NC(=O)Cl)c(Cl)c1Cl. The molecule has 0 fully saturated rings. The molecule has 1 N–H and O–H groups in total. The van der Waals surface area contributed by atoms with E-state index in [1.54, 1.807) is 12.1 Å². The highest BCUT2D eigenvalue weighted by Crippen LogP contribution is 2.37. The number of methoxy groups -OCH3 is 1. The first kappa shape index (κ1) is 11.4. The van der Waals surface area contributed by atoms with E-state index in [2.05, 4.69) is 5.32 Å². The van der Waals surface area contributed by atoms with E-state index in [0.717, 1.165) is 0 Å². The molecule has 0 atom stereocenters. The number of halogens is 3. The van der Waals surface area contributed by atoms with Gasteiger partial charge in [0.2, 0.25) is 0 Å². The van der Waals surface area contributed by atoms with Crippen LogP contribution in [0.3, 0.4) is 0 Å². The van der Waals surface area contributed by atoms with E-state index in [1.807, 2.05) is 0 Å². The minimum atomic E-state index is -0.729. The van der Waals surface area contributed by atoms with Crippen LogP contribution in [0.15, 0.2) is 12.1 Å². The summed E-state index contributed by atoms with van der Waals surface area (Å²) in [4.78, 5) is 10.6. The van der Waals surface area contributed by atoms with Crippen LogP contribution in [0.2, 0.25) is 10.0 Å². The zero-order chi connectivity index (χ0) is 10.7. The molecule has 0 aliphatic rings. The Balaban J connectivity index is 3.10. The van der Waals surface area contributed by atoms with Crippen molar-refractivity contribution < 1.29 is 9.53 Å². The van der Waals surface area contributed by atoms with Crippen LogP contribution in [0.4, 0.5) is 10.5 Å². The number of hydrogen-bond donors (Lipinski definition) is 1. The fourth-order valence-electron chi connectivity index (χ4n) is 0.892. The lowest BCUT2D eigenvalue weighted by atomic mass is 10.3. The van der Waals surface area contributed by atoms with E-state index in [9.17, 15) is 4.79 Å². The van der Waals surface area contributed by atoms with Gasteiger partial charge in [-0.05, 0) is 23.7 Å². The summed E-state index contributed by atoms with van der Waals surface area (Å²) in [5.74, 6) is 0.434. The van der Waals surface area contributed by atoms with E-state index < -0.39 is 5.37 Å². The molecule has 0 aliphatic carbocycles. The Kier molecular flexibility index (Phi) is 3.86. The van der Waals surface area contributed by atoms with Gasteiger partial charge in [-0.3, -0.25) is 4.79 Å². The van der Waals surface area contributed by atoms with Crippen molar-refractivity contribution in [2.75, 3.05) is 12.4 Å². The van der Waals surface area contributed by atoms with E-state index in [1.165, 1.54) is 7.11 Å². The third-order valence-electron chi connectivity index (χ3n) is 1.50. The maximum atomic E-state index is 10.6. The fourth-order valence-corrected chi connectivity index (χ4v) is 1.44. The molecule has 0 radical (unpaired) electrons. The summed E-state index contributed by atoms with van der Waals surface area (Å²) in [6, 6.07) is 3.13. The number of benzene rings is 1. The highest BCUT2D eigenvalue weighted by atomic mass is 35.5. The van der Waals surface area contributed by atoms with Crippen molar-refractivity contribution >= 4 is 45.9 Å². The molecule has 0 aliphatic heterocycles. The van der Waals surface area contributed by atoms with Gasteiger partial charge in [0.15, 0.2) is 0 Å². The van der Waals surface area contributed by atoms with Crippen LogP contribution in [-0.4, -0.2) is 12.5 Å².